The molecule has 0 fully saturated rings. The van der Waals surface area contributed by atoms with E-state index in [4.69, 9.17) is 40.5 Å². The van der Waals surface area contributed by atoms with Gasteiger partial charge in [-0.05, 0) is 24.6 Å². The van der Waals surface area contributed by atoms with E-state index in [0.29, 0.717) is 0 Å². The molecule has 0 saturated heterocycles. The fraction of sp³-hybridized carbons (Fsp3) is 0.0714. The summed E-state index contributed by atoms with van der Waals surface area (Å²) in [7, 11) is 0. The molecule has 2 rings (SSSR count). The van der Waals surface area contributed by atoms with Crippen LogP contribution in [-0.4, -0.2) is 16.5 Å². The number of nitrogen functional groups attached to an aromatic ring is 1. The maximum Gasteiger partial charge on any atom is 0.337 e. The molecule has 1 aromatic carbocycles. The molecule has 0 atom stereocenters. The van der Waals surface area contributed by atoms with E-state index in [1.165, 1.54) is 25.1 Å². The molecule has 4 N–H and O–H groups in total. The number of nitrogens with two attached hydrogens (primary N) is 1. The zero-order valence-corrected chi connectivity index (χ0v) is 14.9. The van der Waals surface area contributed by atoms with Crippen LogP contribution in [0.5, 0.6) is 0 Å². The lowest BCUT2D eigenvalue weighted by atomic mass is 10.1. The number of halogens is 3. The van der Waals surface area contributed by atoms with Gasteiger partial charge >= 0.3 is 5.91 Å². The molecule has 1 heterocycles. The van der Waals surface area contributed by atoms with E-state index in [1.54, 1.807) is 6.07 Å². The molecule has 0 aliphatic rings. The average Bonchev–Trinajstić information content (AvgIpc) is 2.60. The first-order valence-electron chi connectivity index (χ1n) is 6.67. The zero-order valence-electron chi connectivity index (χ0n) is 12.6. The smallest absolute Gasteiger partial charge is 0.337 e. The summed E-state index contributed by atoms with van der Waals surface area (Å²) in [6.07, 6.45) is 0. The lowest BCUT2D eigenvalue weighted by Gasteiger charge is -2.04. The van der Waals surface area contributed by atoms with Gasteiger partial charge < -0.3 is 5.73 Å². The molecule has 25 heavy (non-hydrogen) atoms. The maximum atomic E-state index is 12.2. The summed E-state index contributed by atoms with van der Waals surface area (Å²) in [6, 6.07) is 5.99. The third kappa shape index (κ3) is 3.98. The molecule has 8 nitrogen and oxygen atoms in total. The van der Waals surface area contributed by atoms with E-state index in [2.05, 4.69) is 15.5 Å². The molecule has 11 heteroatoms. The summed E-state index contributed by atoms with van der Waals surface area (Å²) < 4.78 is 0. The van der Waals surface area contributed by atoms with Gasteiger partial charge in [-0.3, -0.25) is 14.9 Å². The highest BCUT2D eigenvalue weighted by atomic mass is 35.5. The molecule has 0 spiro atoms. The summed E-state index contributed by atoms with van der Waals surface area (Å²) in [6.45, 7) is 1.51. The number of nitro groups is 1. The quantitative estimate of drug-likeness (QED) is 0.352. The number of carbonyl (C=O) groups is 1. The predicted octanol–water partition coefficient (Wildman–Crippen LogP) is 3.11. The fourth-order valence-corrected chi connectivity index (χ4v) is 2.53. The van der Waals surface area contributed by atoms with Crippen LogP contribution in [0.25, 0.3) is 0 Å². The normalized spacial score (nSPS) is 11.3. The van der Waals surface area contributed by atoms with Crippen molar-refractivity contribution in [1.29, 1.82) is 0 Å². The zero-order chi connectivity index (χ0) is 18.7. The Hall–Kier alpha value is -2.42. The number of pyridine rings is 1. The molecule has 0 aliphatic heterocycles. The van der Waals surface area contributed by atoms with Gasteiger partial charge in [0.05, 0.1) is 21.9 Å². The van der Waals surface area contributed by atoms with Crippen LogP contribution in [-0.2, 0) is 0 Å². The second-order valence-corrected chi connectivity index (χ2v) is 5.90. The van der Waals surface area contributed by atoms with Crippen LogP contribution < -0.4 is 16.1 Å². The van der Waals surface area contributed by atoms with Crippen molar-refractivity contribution in [3.05, 3.63) is 60.8 Å². The number of aromatic amines is 1. The Kier molecular flexibility index (Phi) is 5.78. The Bertz CT molecular complexity index is 902. The van der Waals surface area contributed by atoms with Crippen LogP contribution in [0.2, 0.25) is 15.2 Å². The van der Waals surface area contributed by atoms with Crippen LogP contribution in [0.3, 0.4) is 0 Å². The van der Waals surface area contributed by atoms with E-state index in [9.17, 15) is 14.9 Å². The molecule has 0 aliphatic carbocycles. The lowest BCUT2D eigenvalue weighted by Crippen LogP contribution is -2.29. The first kappa shape index (κ1) is 18.9. The number of H-pyrrole nitrogens is 1. The number of hydrogen-bond acceptors (Lipinski definition) is 5. The molecule has 130 valence electrons. The van der Waals surface area contributed by atoms with Gasteiger partial charge in [-0.15, -0.1) is 0 Å². The number of nitrogens with one attached hydrogen (secondary N) is 2. The number of para-hydroxylation sites is 1. The maximum absolute atomic E-state index is 12.2. The monoisotopic (exact) mass is 402 g/mol. The van der Waals surface area contributed by atoms with Crippen molar-refractivity contribution >= 4 is 57.8 Å². The van der Waals surface area contributed by atoms with Gasteiger partial charge in [0.2, 0.25) is 0 Å². The number of rotatable bonds is 4. The largest absolute Gasteiger partial charge is 0.396 e. The summed E-state index contributed by atoms with van der Waals surface area (Å²) in [5.74, 6) is -0.742. The SMILES string of the molecule is C/C(=N/NC(=O)c1[nH+]c(Cl)c(Cl)c(N)c1Cl)c1ccccc1[N+](=O)[O-]. The van der Waals surface area contributed by atoms with E-state index < -0.39 is 10.8 Å². The molecule has 1 aromatic heterocycles. The van der Waals surface area contributed by atoms with Crippen molar-refractivity contribution in [2.24, 2.45) is 5.10 Å². The number of hydrazone groups is 1. The first-order chi connectivity index (χ1) is 11.7. The molecule has 0 saturated carbocycles. The molecule has 2 aromatic rings. The minimum atomic E-state index is -0.742. The Morgan fingerprint density at radius 3 is 2.56 bits per heavy atom. The van der Waals surface area contributed by atoms with Crippen LogP contribution in [0, 0.1) is 10.1 Å². The minimum absolute atomic E-state index is 0.0113. The van der Waals surface area contributed by atoms with Gasteiger partial charge in [0.15, 0.2) is 0 Å². The Balaban J connectivity index is 2.31. The van der Waals surface area contributed by atoms with Gasteiger partial charge in [-0.2, -0.15) is 10.1 Å². The molecular weight excluding hydrogens is 393 g/mol. The van der Waals surface area contributed by atoms with Crippen LogP contribution >= 0.6 is 34.8 Å². The number of benzene rings is 1. The predicted molar refractivity (Wildman–Crippen MR) is 95.2 cm³/mol. The number of hydrogen-bond donors (Lipinski definition) is 2. The highest BCUT2D eigenvalue weighted by Gasteiger charge is 2.26. The fourth-order valence-electron chi connectivity index (χ4n) is 1.91. The van der Waals surface area contributed by atoms with Crippen molar-refractivity contribution in [3.8, 4) is 0 Å². The van der Waals surface area contributed by atoms with E-state index in [0.717, 1.165) is 0 Å². The van der Waals surface area contributed by atoms with Crippen molar-refractivity contribution in [2.45, 2.75) is 6.92 Å². The van der Waals surface area contributed by atoms with Crippen LogP contribution in [0.1, 0.15) is 23.0 Å². The van der Waals surface area contributed by atoms with Gasteiger partial charge in [0, 0.05) is 6.07 Å². The van der Waals surface area contributed by atoms with Gasteiger partial charge in [-0.25, -0.2) is 5.43 Å². The van der Waals surface area contributed by atoms with E-state index in [-0.39, 0.29) is 43.5 Å². The summed E-state index contributed by atoms with van der Waals surface area (Å²) >= 11 is 17.6. The molecular formula is C14H11Cl3N5O3+. The number of carbonyl (C=O) groups excluding carboxylic acids is 1. The van der Waals surface area contributed by atoms with Crippen molar-refractivity contribution in [3.63, 3.8) is 0 Å². The highest BCUT2D eigenvalue weighted by Crippen LogP contribution is 2.31. The second-order valence-electron chi connectivity index (χ2n) is 4.77. The summed E-state index contributed by atoms with van der Waals surface area (Å²) in [4.78, 5) is 25.2. The first-order valence-corrected chi connectivity index (χ1v) is 7.81. The Labute approximate surface area is 156 Å². The Morgan fingerprint density at radius 2 is 1.92 bits per heavy atom. The topological polar surface area (TPSA) is 125 Å². The summed E-state index contributed by atoms with van der Waals surface area (Å²) in [5.41, 5.74) is 8.04. The number of nitro benzene ring substituents is 1. The van der Waals surface area contributed by atoms with Crippen molar-refractivity contribution in [1.82, 2.24) is 5.43 Å². The van der Waals surface area contributed by atoms with E-state index >= 15 is 0 Å². The van der Waals surface area contributed by atoms with Crippen molar-refractivity contribution in [2.75, 3.05) is 5.73 Å². The second kappa shape index (κ2) is 7.64. The van der Waals surface area contributed by atoms with Crippen LogP contribution in [0.4, 0.5) is 11.4 Å². The third-order valence-electron chi connectivity index (χ3n) is 3.16. The number of nitrogens with zero attached hydrogens (tertiary/aromatic N) is 2. The average molecular weight is 404 g/mol. The molecule has 1 amide bonds. The summed E-state index contributed by atoms with van der Waals surface area (Å²) in [5, 5.41) is 14.7. The highest BCUT2D eigenvalue weighted by molar-refractivity contribution is 6.45. The minimum Gasteiger partial charge on any atom is -0.396 e. The van der Waals surface area contributed by atoms with Gasteiger partial charge in [-0.1, -0.05) is 35.3 Å². The number of amides is 1. The third-order valence-corrected chi connectivity index (χ3v) is 4.33. The molecule has 0 bridgehead atoms. The molecule has 0 unspecified atom stereocenters. The number of aromatic nitrogens is 1. The van der Waals surface area contributed by atoms with Crippen LogP contribution in [0.15, 0.2) is 29.4 Å². The Morgan fingerprint density at radius 1 is 1.28 bits per heavy atom. The standard InChI is InChI=1S/C14H10Cl3N5O3/c1-6(7-4-2-3-5-8(7)22(24)25)20-21-14(23)12-9(15)11(18)10(16)13(17)19-12/h2-5H,1H3,(H2,18,19)(H,21,23)/p+1/b20-6-. The van der Waals surface area contributed by atoms with E-state index in [1.807, 2.05) is 0 Å². The van der Waals surface area contributed by atoms with Crippen molar-refractivity contribution < 1.29 is 14.7 Å². The van der Waals surface area contributed by atoms with Gasteiger partial charge in [0.25, 0.3) is 16.5 Å². The lowest BCUT2D eigenvalue weighted by molar-refractivity contribution is -0.385. The number of anilines is 1. The molecule has 0 radical (unpaired) electrons. The van der Waals surface area contributed by atoms with Gasteiger partial charge in [0.1, 0.15) is 10.0 Å².